The zero-order chi connectivity index (χ0) is 20.9. The third kappa shape index (κ3) is 5.21. The minimum atomic E-state index is -0.817. The highest BCUT2D eigenvalue weighted by molar-refractivity contribution is 5.67. The van der Waals surface area contributed by atoms with Crippen LogP contribution in [-0.2, 0) is 28.8 Å². The van der Waals surface area contributed by atoms with E-state index in [0.29, 0.717) is 12.4 Å². The predicted molar refractivity (Wildman–Crippen MR) is 112 cm³/mol. The second-order valence-corrected chi connectivity index (χ2v) is 8.34. The molecule has 2 aromatic heterocycles. The van der Waals surface area contributed by atoms with Crippen LogP contribution in [-0.4, -0.2) is 56.7 Å². The Labute approximate surface area is 177 Å². The van der Waals surface area contributed by atoms with Crippen LogP contribution in [0.2, 0.25) is 0 Å². The molecule has 1 unspecified atom stereocenters. The molecule has 1 atom stereocenters. The van der Waals surface area contributed by atoms with E-state index in [9.17, 15) is 9.90 Å². The maximum absolute atomic E-state index is 11.3. The van der Waals surface area contributed by atoms with E-state index in [-0.39, 0.29) is 18.6 Å². The molecular weight excluding hydrogens is 380 g/mol. The number of aryl methyl sites for hydroxylation is 4. The standard InChI is InChI=1S/C23H30N4O3/c1-16-24-12-18(13-25-16)22(11-23(28)29)27-14-20(15-27)30-10-4-6-19-9-8-17-5-2-3-7-21(17)26-19/h8-9,12-13,20,22H,2-7,10-11,14-15H2,1H3,(H,28,29). The summed E-state index contributed by atoms with van der Waals surface area (Å²) in [5, 5.41) is 9.29. The van der Waals surface area contributed by atoms with Crippen LogP contribution in [0.1, 0.15) is 60.1 Å². The molecule has 7 nitrogen and oxygen atoms in total. The molecule has 1 N–H and O–H groups in total. The van der Waals surface area contributed by atoms with Gasteiger partial charge in [0.1, 0.15) is 5.82 Å². The molecular formula is C23H30N4O3. The molecule has 1 aliphatic carbocycles. The second-order valence-electron chi connectivity index (χ2n) is 8.34. The Morgan fingerprint density at radius 2 is 2.00 bits per heavy atom. The fraction of sp³-hybridized carbons (Fsp3) is 0.565. The number of ether oxygens (including phenoxy) is 1. The van der Waals surface area contributed by atoms with Gasteiger partial charge in [-0.25, -0.2) is 9.97 Å². The van der Waals surface area contributed by atoms with E-state index < -0.39 is 5.97 Å². The van der Waals surface area contributed by atoms with Crippen molar-refractivity contribution in [2.24, 2.45) is 0 Å². The quantitative estimate of drug-likeness (QED) is 0.636. The Morgan fingerprint density at radius 1 is 1.23 bits per heavy atom. The van der Waals surface area contributed by atoms with Crippen LogP contribution < -0.4 is 0 Å². The Bertz CT molecular complexity index is 865. The van der Waals surface area contributed by atoms with Crippen molar-refractivity contribution < 1.29 is 14.6 Å². The highest BCUT2D eigenvalue weighted by Crippen LogP contribution is 2.29. The van der Waals surface area contributed by atoms with Gasteiger partial charge in [0.2, 0.25) is 0 Å². The first-order valence-corrected chi connectivity index (χ1v) is 10.9. The van der Waals surface area contributed by atoms with Crippen molar-refractivity contribution in [3.8, 4) is 0 Å². The molecule has 0 bridgehead atoms. The van der Waals surface area contributed by atoms with Gasteiger partial charge in [-0.2, -0.15) is 0 Å². The highest BCUT2D eigenvalue weighted by Gasteiger charge is 2.35. The molecule has 1 aliphatic heterocycles. The minimum absolute atomic E-state index is 0.0448. The van der Waals surface area contributed by atoms with Crippen molar-refractivity contribution in [2.45, 2.75) is 64.0 Å². The Hall–Kier alpha value is -2.38. The van der Waals surface area contributed by atoms with E-state index in [0.717, 1.165) is 43.6 Å². The number of carboxylic acids is 1. The Morgan fingerprint density at radius 3 is 2.77 bits per heavy atom. The maximum atomic E-state index is 11.3. The number of hydrogen-bond acceptors (Lipinski definition) is 6. The summed E-state index contributed by atoms with van der Waals surface area (Å²) in [7, 11) is 0. The van der Waals surface area contributed by atoms with E-state index in [2.05, 4.69) is 27.0 Å². The molecule has 1 fully saturated rings. The van der Waals surface area contributed by atoms with Crippen LogP contribution in [0.4, 0.5) is 0 Å². The largest absolute Gasteiger partial charge is 0.481 e. The number of fused-ring (bicyclic) bond motifs is 1. The highest BCUT2D eigenvalue weighted by atomic mass is 16.5. The van der Waals surface area contributed by atoms with Crippen LogP contribution >= 0.6 is 0 Å². The lowest BCUT2D eigenvalue weighted by atomic mass is 9.95. The lowest BCUT2D eigenvalue weighted by Gasteiger charge is -2.43. The summed E-state index contributed by atoms with van der Waals surface area (Å²) in [4.78, 5) is 26.7. The SMILES string of the molecule is Cc1ncc(C(CC(=O)O)N2CC(OCCCc3ccc4c(n3)CCCC4)C2)cn1. The van der Waals surface area contributed by atoms with Gasteiger partial charge < -0.3 is 9.84 Å². The van der Waals surface area contributed by atoms with Gasteiger partial charge in [-0.1, -0.05) is 6.07 Å². The van der Waals surface area contributed by atoms with Crippen LogP contribution in [0.5, 0.6) is 0 Å². The third-order valence-corrected chi connectivity index (χ3v) is 6.04. The predicted octanol–water partition coefficient (Wildman–Crippen LogP) is 2.91. The van der Waals surface area contributed by atoms with Gasteiger partial charge in [-0.3, -0.25) is 14.7 Å². The molecule has 1 saturated heterocycles. The van der Waals surface area contributed by atoms with Gasteiger partial charge in [0, 0.05) is 55.1 Å². The second kappa shape index (κ2) is 9.62. The van der Waals surface area contributed by atoms with Gasteiger partial charge in [0.15, 0.2) is 0 Å². The number of nitrogens with zero attached hydrogens (tertiary/aromatic N) is 4. The zero-order valence-electron chi connectivity index (χ0n) is 17.6. The van der Waals surface area contributed by atoms with Crippen molar-refractivity contribution >= 4 is 5.97 Å². The number of aliphatic carboxylic acids is 1. The van der Waals surface area contributed by atoms with Gasteiger partial charge in [0.25, 0.3) is 0 Å². The van der Waals surface area contributed by atoms with Crippen LogP contribution in [0.15, 0.2) is 24.5 Å². The van der Waals surface area contributed by atoms with E-state index in [1.807, 2.05) is 6.92 Å². The lowest BCUT2D eigenvalue weighted by Crippen LogP contribution is -2.53. The van der Waals surface area contributed by atoms with E-state index in [1.54, 1.807) is 12.4 Å². The number of carbonyl (C=O) groups is 1. The summed E-state index contributed by atoms with van der Waals surface area (Å²) < 4.78 is 6.00. The molecule has 7 heteroatoms. The molecule has 0 saturated carbocycles. The molecule has 0 radical (unpaired) electrons. The van der Waals surface area contributed by atoms with Gasteiger partial charge in [-0.15, -0.1) is 0 Å². The van der Waals surface area contributed by atoms with Gasteiger partial charge in [-0.05, 0) is 57.1 Å². The van der Waals surface area contributed by atoms with E-state index in [4.69, 9.17) is 9.72 Å². The summed E-state index contributed by atoms with van der Waals surface area (Å²) in [5.74, 6) is -0.131. The first-order chi connectivity index (χ1) is 14.6. The van der Waals surface area contributed by atoms with E-state index in [1.165, 1.54) is 30.5 Å². The average molecular weight is 411 g/mol. The fourth-order valence-electron chi connectivity index (χ4n) is 4.30. The summed E-state index contributed by atoms with van der Waals surface area (Å²) in [6, 6.07) is 4.21. The molecule has 0 spiro atoms. The molecule has 3 heterocycles. The monoisotopic (exact) mass is 410 g/mol. The summed E-state index contributed by atoms with van der Waals surface area (Å²) in [6.07, 6.45) is 10.4. The van der Waals surface area contributed by atoms with Crippen molar-refractivity contribution in [1.82, 2.24) is 19.9 Å². The fourth-order valence-corrected chi connectivity index (χ4v) is 4.30. The van der Waals surface area contributed by atoms with E-state index >= 15 is 0 Å². The Kier molecular flexibility index (Phi) is 6.69. The number of hydrogen-bond donors (Lipinski definition) is 1. The van der Waals surface area contributed by atoms with Crippen molar-refractivity contribution in [3.05, 3.63) is 52.9 Å². The van der Waals surface area contributed by atoms with Crippen LogP contribution in [0.3, 0.4) is 0 Å². The number of pyridine rings is 1. The lowest BCUT2D eigenvalue weighted by molar-refractivity contribution is -0.140. The van der Waals surface area contributed by atoms with Crippen molar-refractivity contribution in [3.63, 3.8) is 0 Å². The maximum Gasteiger partial charge on any atom is 0.305 e. The summed E-state index contributed by atoms with van der Waals surface area (Å²) >= 11 is 0. The van der Waals surface area contributed by atoms with Crippen LogP contribution in [0.25, 0.3) is 0 Å². The zero-order valence-corrected chi connectivity index (χ0v) is 17.6. The average Bonchev–Trinajstić information content (AvgIpc) is 2.71. The Balaban J connectivity index is 1.21. The van der Waals surface area contributed by atoms with Crippen molar-refractivity contribution in [1.29, 1.82) is 0 Å². The molecule has 30 heavy (non-hydrogen) atoms. The molecule has 0 aromatic carbocycles. The number of likely N-dealkylation sites (tertiary alicyclic amines) is 1. The molecule has 4 rings (SSSR count). The van der Waals surface area contributed by atoms with Crippen molar-refractivity contribution in [2.75, 3.05) is 19.7 Å². The normalized spacial score (nSPS) is 17.9. The van der Waals surface area contributed by atoms with Gasteiger partial charge >= 0.3 is 5.97 Å². The first-order valence-electron chi connectivity index (χ1n) is 10.9. The molecule has 0 amide bonds. The number of carboxylic acid groups (broad SMARTS) is 1. The molecule has 160 valence electrons. The number of aromatic nitrogens is 3. The molecule has 2 aromatic rings. The summed E-state index contributed by atoms with van der Waals surface area (Å²) in [6.45, 7) is 4.00. The third-order valence-electron chi connectivity index (χ3n) is 6.04. The van der Waals surface area contributed by atoms with Gasteiger partial charge in [0.05, 0.1) is 12.5 Å². The first kappa shape index (κ1) is 20.9. The van der Waals surface area contributed by atoms with Crippen LogP contribution in [0, 0.1) is 6.92 Å². The summed E-state index contributed by atoms with van der Waals surface area (Å²) in [5.41, 5.74) is 4.72. The minimum Gasteiger partial charge on any atom is -0.481 e. The smallest absolute Gasteiger partial charge is 0.305 e. The topological polar surface area (TPSA) is 88.4 Å². The number of rotatable bonds is 9. The molecule has 2 aliphatic rings.